The number of nitrogens with one attached hydrogen (secondary N) is 2. The number of anilines is 3. The third kappa shape index (κ3) is 5.03. The highest BCUT2D eigenvalue weighted by molar-refractivity contribution is 6.31. The lowest BCUT2D eigenvalue weighted by molar-refractivity contribution is -0.132. The zero-order valence-electron chi connectivity index (χ0n) is 16.8. The molecule has 0 bridgehead atoms. The summed E-state index contributed by atoms with van der Waals surface area (Å²) in [5.41, 5.74) is 0.931. The van der Waals surface area contributed by atoms with Crippen molar-refractivity contribution in [1.29, 1.82) is 0 Å². The molecule has 1 aromatic heterocycles. The van der Waals surface area contributed by atoms with Gasteiger partial charge in [-0.1, -0.05) is 29.8 Å². The van der Waals surface area contributed by atoms with Crippen molar-refractivity contribution >= 4 is 47.0 Å². The summed E-state index contributed by atoms with van der Waals surface area (Å²) in [6, 6.07) is 7.09. The van der Waals surface area contributed by atoms with Crippen LogP contribution in [0.1, 0.15) is 18.5 Å². The van der Waals surface area contributed by atoms with Gasteiger partial charge in [0.2, 0.25) is 23.8 Å². The molecule has 30 heavy (non-hydrogen) atoms. The van der Waals surface area contributed by atoms with Gasteiger partial charge in [0.25, 0.3) is 0 Å². The first-order valence-corrected chi connectivity index (χ1v) is 10.5. The fourth-order valence-corrected chi connectivity index (χ4v) is 3.83. The van der Waals surface area contributed by atoms with Crippen LogP contribution in [0.5, 0.6) is 0 Å². The van der Waals surface area contributed by atoms with Crippen molar-refractivity contribution in [2.24, 2.45) is 0 Å². The Balaban J connectivity index is 1.81. The maximum Gasteiger partial charge on any atom is 0.237 e. The zero-order valence-corrected chi connectivity index (χ0v) is 18.4. The second-order valence-corrected chi connectivity index (χ2v) is 7.60. The molecule has 1 fully saturated rings. The number of aliphatic hydroxyl groups excluding tert-OH is 1. The van der Waals surface area contributed by atoms with E-state index in [4.69, 9.17) is 23.2 Å². The van der Waals surface area contributed by atoms with Crippen molar-refractivity contribution in [3.05, 3.63) is 34.9 Å². The largest absolute Gasteiger partial charge is 0.394 e. The van der Waals surface area contributed by atoms with E-state index in [1.807, 2.05) is 36.1 Å². The lowest BCUT2D eigenvalue weighted by Gasteiger charge is -2.40. The molecule has 11 heteroatoms. The van der Waals surface area contributed by atoms with Gasteiger partial charge in [0.05, 0.1) is 18.7 Å². The smallest absolute Gasteiger partial charge is 0.237 e. The molecule has 3 rings (SSSR count). The average molecular weight is 454 g/mol. The van der Waals surface area contributed by atoms with Gasteiger partial charge in [-0.15, -0.1) is 11.6 Å². The Morgan fingerprint density at radius 2 is 2.00 bits per heavy atom. The molecule has 2 aromatic rings. The van der Waals surface area contributed by atoms with Gasteiger partial charge in [0, 0.05) is 31.7 Å². The predicted molar refractivity (Wildman–Crippen MR) is 118 cm³/mol. The fourth-order valence-electron chi connectivity index (χ4n) is 3.38. The number of amides is 1. The summed E-state index contributed by atoms with van der Waals surface area (Å²) >= 11 is 12.0. The van der Waals surface area contributed by atoms with Gasteiger partial charge in [0.1, 0.15) is 5.88 Å². The van der Waals surface area contributed by atoms with E-state index < -0.39 is 0 Å². The first kappa shape index (κ1) is 22.3. The SMILES string of the molecule is CNc1nc(NC(C)c2ccccc2Cl)nc(N2CCN(C(=O)CCl)C(CO)C2)n1. The van der Waals surface area contributed by atoms with Gasteiger partial charge >= 0.3 is 0 Å². The molecule has 1 amide bonds. The van der Waals surface area contributed by atoms with Crippen LogP contribution in [-0.2, 0) is 4.79 Å². The molecule has 2 atom stereocenters. The Hall–Kier alpha value is -2.36. The summed E-state index contributed by atoms with van der Waals surface area (Å²) < 4.78 is 0. The van der Waals surface area contributed by atoms with Gasteiger partial charge in [-0.3, -0.25) is 4.79 Å². The molecule has 162 valence electrons. The molecule has 0 saturated carbocycles. The van der Waals surface area contributed by atoms with Crippen molar-refractivity contribution in [2.75, 3.05) is 54.7 Å². The number of hydrogen-bond donors (Lipinski definition) is 3. The Morgan fingerprint density at radius 1 is 1.27 bits per heavy atom. The summed E-state index contributed by atoms with van der Waals surface area (Å²) in [7, 11) is 1.73. The maximum absolute atomic E-state index is 12.0. The molecule has 1 aliphatic heterocycles. The van der Waals surface area contributed by atoms with E-state index in [9.17, 15) is 9.90 Å². The third-order valence-corrected chi connectivity index (χ3v) is 5.55. The molecular weight excluding hydrogens is 429 g/mol. The molecule has 9 nitrogen and oxygen atoms in total. The number of hydrogen-bond acceptors (Lipinski definition) is 8. The molecule has 1 saturated heterocycles. The van der Waals surface area contributed by atoms with E-state index in [0.717, 1.165) is 5.56 Å². The molecular formula is C19H25Cl2N7O2. The zero-order chi connectivity index (χ0) is 21.7. The molecule has 2 heterocycles. The van der Waals surface area contributed by atoms with Gasteiger partial charge < -0.3 is 25.5 Å². The second kappa shape index (κ2) is 10.1. The summed E-state index contributed by atoms with van der Waals surface area (Å²) in [6.45, 7) is 3.15. The number of nitrogens with zero attached hydrogens (tertiary/aromatic N) is 5. The minimum absolute atomic E-state index is 0.111. The molecule has 0 spiro atoms. The van der Waals surface area contributed by atoms with E-state index in [1.54, 1.807) is 11.9 Å². The van der Waals surface area contributed by atoms with E-state index >= 15 is 0 Å². The fraction of sp³-hybridized carbons (Fsp3) is 0.474. The number of halogens is 2. The van der Waals surface area contributed by atoms with Crippen LogP contribution in [0.3, 0.4) is 0 Å². The van der Waals surface area contributed by atoms with E-state index in [1.165, 1.54) is 0 Å². The Morgan fingerprint density at radius 3 is 2.67 bits per heavy atom. The van der Waals surface area contributed by atoms with Crippen LogP contribution in [0.25, 0.3) is 0 Å². The molecule has 2 unspecified atom stereocenters. The standard InChI is InChI=1S/C19H25Cl2N7O2/c1-12(14-5-3-4-6-15(14)21)23-18-24-17(22-2)25-19(26-18)27-7-8-28(16(30)9-20)13(10-27)11-29/h3-6,12-13,29H,7-11H2,1-2H3,(H2,22,23,24,25,26). The number of alkyl halides is 1. The van der Waals surface area contributed by atoms with Crippen molar-refractivity contribution in [3.8, 4) is 0 Å². The Labute approximate surface area is 185 Å². The molecule has 3 N–H and O–H groups in total. The van der Waals surface area contributed by atoms with Crippen LogP contribution in [0.4, 0.5) is 17.8 Å². The molecule has 0 aliphatic carbocycles. The molecule has 1 aromatic carbocycles. The highest BCUT2D eigenvalue weighted by Gasteiger charge is 2.31. The second-order valence-electron chi connectivity index (χ2n) is 6.92. The Kier molecular flexibility index (Phi) is 7.52. The van der Waals surface area contributed by atoms with Crippen molar-refractivity contribution in [2.45, 2.75) is 19.0 Å². The number of carbonyl (C=O) groups is 1. The van der Waals surface area contributed by atoms with E-state index in [-0.39, 0.29) is 30.5 Å². The highest BCUT2D eigenvalue weighted by Crippen LogP contribution is 2.26. The van der Waals surface area contributed by atoms with Crippen LogP contribution < -0.4 is 15.5 Å². The van der Waals surface area contributed by atoms with Gasteiger partial charge in [-0.2, -0.15) is 15.0 Å². The highest BCUT2D eigenvalue weighted by atomic mass is 35.5. The van der Waals surface area contributed by atoms with Crippen molar-refractivity contribution in [3.63, 3.8) is 0 Å². The number of aromatic nitrogens is 3. The Bertz CT molecular complexity index is 886. The lowest BCUT2D eigenvalue weighted by atomic mass is 10.1. The van der Waals surface area contributed by atoms with Crippen LogP contribution in [-0.4, -0.2) is 76.1 Å². The van der Waals surface area contributed by atoms with Crippen LogP contribution in [0, 0.1) is 0 Å². The quantitative estimate of drug-likeness (QED) is 0.546. The number of rotatable bonds is 7. The first-order valence-electron chi connectivity index (χ1n) is 9.62. The lowest BCUT2D eigenvalue weighted by Crippen LogP contribution is -2.57. The summed E-state index contributed by atoms with van der Waals surface area (Å²) in [4.78, 5) is 28.9. The van der Waals surface area contributed by atoms with Gasteiger partial charge in [-0.25, -0.2) is 0 Å². The monoisotopic (exact) mass is 453 g/mol. The number of carbonyl (C=O) groups excluding carboxylic acids is 1. The van der Waals surface area contributed by atoms with Crippen molar-refractivity contribution < 1.29 is 9.90 Å². The summed E-state index contributed by atoms with van der Waals surface area (Å²) in [6.07, 6.45) is 0. The average Bonchev–Trinajstić information content (AvgIpc) is 2.78. The third-order valence-electron chi connectivity index (χ3n) is 4.98. The topological polar surface area (TPSA) is 107 Å². The summed E-state index contributed by atoms with van der Waals surface area (Å²) in [5, 5.41) is 16.6. The predicted octanol–water partition coefficient (Wildman–Crippen LogP) is 1.99. The minimum Gasteiger partial charge on any atom is -0.394 e. The maximum atomic E-state index is 12.0. The van der Waals surface area contributed by atoms with Crippen LogP contribution in [0.2, 0.25) is 5.02 Å². The molecule has 0 radical (unpaired) electrons. The van der Waals surface area contributed by atoms with Gasteiger partial charge in [0.15, 0.2) is 0 Å². The number of piperazine rings is 1. The molecule has 1 aliphatic rings. The minimum atomic E-state index is -0.377. The number of aliphatic hydroxyl groups is 1. The van der Waals surface area contributed by atoms with E-state index in [2.05, 4.69) is 25.6 Å². The first-order chi connectivity index (χ1) is 14.5. The number of benzene rings is 1. The van der Waals surface area contributed by atoms with Crippen LogP contribution in [0.15, 0.2) is 24.3 Å². The van der Waals surface area contributed by atoms with E-state index in [0.29, 0.717) is 42.5 Å². The van der Waals surface area contributed by atoms with Gasteiger partial charge in [-0.05, 0) is 18.6 Å². The summed E-state index contributed by atoms with van der Waals surface area (Å²) in [5.74, 6) is 0.961. The normalized spacial score (nSPS) is 17.6. The van der Waals surface area contributed by atoms with Crippen molar-refractivity contribution in [1.82, 2.24) is 19.9 Å². The van der Waals surface area contributed by atoms with Crippen LogP contribution >= 0.6 is 23.2 Å².